The van der Waals surface area contributed by atoms with E-state index >= 15 is 0 Å². The monoisotopic (exact) mass is 311 g/mol. The van der Waals surface area contributed by atoms with Crippen LogP contribution in [0.5, 0.6) is 0 Å². The largest absolute Gasteiger partial charge is 0.370 e. The Bertz CT molecular complexity index is 256. The summed E-state index contributed by atoms with van der Waals surface area (Å²) in [5.41, 5.74) is 6.83. The zero-order valence-corrected chi connectivity index (χ0v) is 10.9. The number of hydrogen-bond acceptors (Lipinski definition) is 2. The van der Waals surface area contributed by atoms with Gasteiger partial charge in [-0.1, -0.05) is 0 Å². The van der Waals surface area contributed by atoms with Gasteiger partial charge in [0.2, 0.25) is 0 Å². The molecule has 0 spiro atoms. The van der Waals surface area contributed by atoms with Crippen LogP contribution in [-0.4, -0.2) is 25.0 Å². The lowest BCUT2D eigenvalue weighted by Gasteiger charge is -2.09. The Kier molecular flexibility index (Phi) is 6.06. The molecule has 5 heteroatoms. The minimum Gasteiger partial charge on any atom is -0.370 e. The van der Waals surface area contributed by atoms with Crippen molar-refractivity contribution >= 4 is 41.3 Å². The Morgan fingerprint density at radius 2 is 2.31 bits per heavy atom. The van der Waals surface area contributed by atoms with Gasteiger partial charge in [0.15, 0.2) is 5.96 Å². The molecule has 1 rings (SSSR count). The van der Waals surface area contributed by atoms with Crippen molar-refractivity contribution in [1.82, 2.24) is 4.90 Å². The maximum atomic E-state index is 5.61. The second kappa shape index (κ2) is 6.20. The van der Waals surface area contributed by atoms with Gasteiger partial charge in [0.1, 0.15) is 0 Å². The van der Waals surface area contributed by atoms with Crippen LogP contribution in [0.25, 0.3) is 0 Å². The Morgan fingerprint density at radius 1 is 1.62 bits per heavy atom. The summed E-state index contributed by atoms with van der Waals surface area (Å²) in [5, 5.41) is 4.11. The van der Waals surface area contributed by atoms with Crippen molar-refractivity contribution in [3.05, 3.63) is 22.4 Å². The second-order valence-electron chi connectivity index (χ2n) is 2.70. The molecule has 74 valence electrons. The van der Waals surface area contributed by atoms with Crippen molar-refractivity contribution in [3.63, 3.8) is 0 Å². The molecule has 1 aromatic rings. The molecule has 0 radical (unpaired) electrons. The van der Waals surface area contributed by atoms with Gasteiger partial charge in [-0.3, -0.25) is 0 Å². The molecule has 13 heavy (non-hydrogen) atoms. The molecule has 0 aliphatic heterocycles. The van der Waals surface area contributed by atoms with Crippen LogP contribution in [-0.2, 0) is 6.54 Å². The average molecular weight is 311 g/mol. The molecule has 0 aliphatic rings. The Hall–Kier alpha value is -0.300. The van der Waals surface area contributed by atoms with E-state index in [1.54, 1.807) is 16.2 Å². The van der Waals surface area contributed by atoms with Gasteiger partial charge in [-0.05, 0) is 22.4 Å². The predicted octanol–water partition coefficient (Wildman–Crippen LogP) is 1.74. The SMILES string of the molecule is CN(C)C(N)=NCc1ccsc1.I. The smallest absolute Gasteiger partial charge is 0.191 e. The standard InChI is InChI=1S/C8H13N3S.HI/c1-11(2)8(9)10-5-7-3-4-12-6-7;/h3-4,6H,5H2,1-2H3,(H2,9,10);1H. The first-order chi connectivity index (χ1) is 5.70. The fourth-order valence-electron chi connectivity index (χ4n) is 0.696. The highest BCUT2D eigenvalue weighted by Gasteiger charge is 1.94. The molecule has 0 amide bonds. The van der Waals surface area contributed by atoms with E-state index in [2.05, 4.69) is 16.4 Å². The summed E-state index contributed by atoms with van der Waals surface area (Å²) in [7, 11) is 3.76. The summed E-state index contributed by atoms with van der Waals surface area (Å²) in [6.07, 6.45) is 0. The van der Waals surface area contributed by atoms with Gasteiger partial charge in [0.25, 0.3) is 0 Å². The quantitative estimate of drug-likeness (QED) is 0.513. The van der Waals surface area contributed by atoms with Crippen LogP contribution in [0.1, 0.15) is 5.56 Å². The molecular weight excluding hydrogens is 297 g/mol. The minimum absolute atomic E-state index is 0. The fourth-order valence-corrected chi connectivity index (χ4v) is 1.36. The average Bonchev–Trinajstić information content (AvgIpc) is 2.51. The molecule has 3 nitrogen and oxygen atoms in total. The van der Waals surface area contributed by atoms with Gasteiger partial charge in [-0.25, -0.2) is 4.99 Å². The number of thiophene rings is 1. The summed E-state index contributed by atoms with van der Waals surface area (Å²) in [6.45, 7) is 0.674. The molecule has 0 atom stereocenters. The first kappa shape index (κ1) is 12.7. The van der Waals surface area contributed by atoms with Crippen molar-refractivity contribution < 1.29 is 0 Å². The van der Waals surface area contributed by atoms with Gasteiger partial charge in [-0.15, -0.1) is 24.0 Å². The van der Waals surface area contributed by atoms with E-state index in [0.717, 1.165) is 0 Å². The van der Waals surface area contributed by atoms with E-state index in [-0.39, 0.29) is 24.0 Å². The maximum Gasteiger partial charge on any atom is 0.191 e. The van der Waals surface area contributed by atoms with Gasteiger partial charge >= 0.3 is 0 Å². The van der Waals surface area contributed by atoms with Crippen LogP contribution >= 0.6 is 35.3 Å². The van der Waals surface area contributed by atoms with E-state index in [9.17, 15) is 0 Å². The van der Waals surface area contributed by atoms with Crippen molar-refractivity contribution in [2.75, 3.05) is 14.1 Å². The van der Waals surface area contributed by atoms with Crippen molar-refractivity contribution in [1.29, 1.82) is 0 Å². The van der Waals surface area contributed by atoms with E-state index in [1.807, 2.05) is 19.5 Å². The van der Waals surface area contributed by atoms with Gasteiger partial charge in [0.05, 0.1) is 6.54 Å². The molecule has 2 N–H and O–H groups in total. The Morgan fingerprint density at radius 3 is 2.77 bits per heavy atom. The lowest BCUT2D eigenvalue weighted by molar-refractivity contribution is 0.609. The van der Waals surface area contributed by atoms with Crippen LogP contribution in [0, 0.1) is 0 Å². The topological polar surface area (TPSA) is 41.6 Å². The number of hydrogen-bond donors (Lipinski definition) is 1. The van der Waals surface area contributed by atoms with Gasteiger partial charge < -0.3 is 10.6 Å². The summed E-state index contributed by atoms with van der Waals surface area (Å²) in [5.74, 6) is 0.571. The third-order valence-electron chi connectivity index (χ3n) is 1.46. The molecule has 0 aromatic carbocycles. The molecule has 0 unspecified atom stereocenters. The van der Waals surface area contributed by atoms with Crippen LogP contribution in [0.15, 0.2) is 21.8 Å². The van der Waals surface area contributed by atoms with Crippen molar-refractivity contribution in [2.45, 2.75) is 6.54 Å². The molecule has 1 heterocycles. The van der Waals surface area contributed by atoms with Gasteiger partial charge in [-0.2, -0.15) is 11.3 Å². The van der Waals surface area contributed by atoms with Crippen molar-refractivity contribution in [3.8, 4) is 0 Å². The fraction of sp³-hybridized carbons (Fsp3) is 0.375. The summed E-state index contributed by atoms with van der Waals surface area (Å²) in [6, 6.07) is 2.05. The summed E-state index contributed by atoms with van der Waals surface area (Å²) in [4.78, 5) is 5.99. The second-order valence-corrected chi connectivity index (χ2v) is 3.48. The third kappa shape index (κ3) is 4.47. The van der Waals surface area contributed by atoms with Crippen LogP contribution in [0.4, 0.5) is 0 Å². The molecule has 0 saturated heterocycles. The number of guanidine groups is 1. The van der Waals surface area contributed by atoms with E-state index in [1.165, 1.54) is 5.56 Å². The van der Waals surface area contributed by atoms with Crippen LogP contribution in [0.2, 0.25) is 0 Å². The number of nitrogens with zero attached hydrogens (tertiary/aromatic N) is 2. The van der Waals surface area contributed by atoms with Crippen molar-refractivity contribution in [2.24, 2.45) is 10.7 Å². The maximum absolute atomic E-state index is 5.61. The highest BCUT2D eigenvalue weighted by Crippen LogP contribution is 2.06. The highest BCUT2D eigenvalue weighted by atomic mass is 127. The number of halogens is 1. The van der Waals surface area contributed by atoms with E-state index in [0.29, 0.717) is 12.5 Å². The van der Waals surface area contributed by atoms with Gasteiger partial charge in [0, 0.05) is 14.1 Å². The van der Waals surface area contributed by atoms with Crippen LogP contribution in [0.3, 0.4) is 0 Å². The zero-order valence-electron chi connectivity index (χ0n) is 7.73. The van der Waals surface area contributed by atoms with E-state index in [4.69, 9.17) is 5.73 Å². The van der Waals surface area contributed by atoms with Crippen LogP contribution < -0.4 is 5.73 Å². The lowest BCUT2D eigenvalue weighted by atomic mass is 10.3. The highest BCUT2D eigenvalue weighted by molar-refractivity contribution is 14.0. The molecule has 0 bridgehead atoms. The molecule has 0 aliphatic carbocycles. The Balaban J connectivity index is 0.00000144. The summed E-state index contributed by atoms with van der Waals surface area (Å²) >= 11 is 1.68. The lowest BCUT2D eigenvalue weighted by Crippen LogP contribution is -2.30. The number of nitrogens with two attached hydrogens (primary N) is 1. The minimum atomic E-state index is 0. The third-order valence-corrected chi connectivity index (χ3v) is 2.19. The van der Waals surface area contributed by atoms with E-state index < -0.39 is 0 Å². The predicted molar refractivity (Wildman–Crippen MR) is 68.7 cm³/mol. The number of aliphatic imine (C=N–C) groups is 1. The first-order valence-corrected chi connectivity index (χ1v) is 4.62. The first-order valence-electron chi connectivity index (χ1n) is 3.68. The molecule has 1 aromatic heterocycles. The molecule has 0 fully saturated rings. The zero-order chi connectivity index (χ0) is 8.97. The molecule has 0 saturated carbocycles. The normalized spacial score (nSPS) is 10.8. The number of rotatable bonds is 2. The summed E-state index contributed by atoms with van der Waals surface area (Å²) < 4.78 is 0. The Labute approximate surface area is 99.7 Å². The molecular formula is C8H14IN3S.